The Kier molecular flexibility index (Phi) is 2.37. The number of hydrogen-bond acceptors (Lipinski definition) is 1. The van der Waals surface area contributed by atoms with Crippen molar-refractivity contribution in [2.24, 2.45) is 0 Å². The van der Waals surface area contributed by atoms with Gasteiger partial charge in [-0.2, -0.15) is 0 Å². The average Bonchev–Trinajstić information content (AvgIpc) is 2.67. The standard InChI is InChI=1S/C12H10FNO/c1-8-5-9(7-10(13)6-8)12(15)11-3-2-4-14-11/h2-7,14H,1H3. The van der Waals surface area contributed by atoms with Crippen LogP contribution >= 0.6 is 0 Å². The third kappa shape index (κ3) is 1.96. The summed E-state index contributed by atoms with van der Waals surface area (Å²) in [7, 11) is 0. The van der Waals surface area contributed by atoms with Crippen molar-refractivity contribution in [2.45, 2.75) is 6.92 Å². The van der Waals surface area contributed by atoms with Crippen LogP contribution < -0.4 is 0 Å². The summed E-state index contributed by atoms with van der Waals surface area (Å²) in [6.45, 7) is 1.76. The first-order chi connectivity index (χ1) is 7.16. The van der Waals surface area contributed by atoms with Crippen LogP contribution in [-0.4, -0.2) is 10.8 Å². The number of carbonyl (C=O) groups is 1. The second-order valence-corrected chi connectivity index (χ2v) is 3.43. The lowest BCUT2D eigenvalue weighted by molar-refractivity contribution is 0.103. The molecular weight excluding hydrogens is 193 g/mol. The minimum Gasteiger partial charge on any atom is -0.359 e. The minimum absolute atomic E-state index is 0.192. The normalized spacial score (nSPS) is 10.3. The summed E-state index contributed by atoms with van der Waals surface area (Å²) in [5.74, 6) is -0.576. The molecule has 76 valence electrons. The summed E-state index contributed by atoms with van der Waals surface area (Å²) in [5.41, 5.74) is 1.58. The van der Waals surface area contributed by atoms with Gasteiger partial charge in [-0.25, -0.2) is 4.39 Å². The molecule has 0 aliphatic heterocycles. The number of halogens is 1. The summed E-state index contributed by atoms with van der Waals surface area (Å²) < 4.78 is 13.1. The Morgan fingerprint density at radius 1 is 1.33 bits per heavy atom. The average molecular weight is 203 g/mol. The fourth-order valence-electron chi connectivity index (χ4n) is 1.49. The first-order valence-corrected chi connectivity index (χ1v) is 4.62. The lowest BCUT2D eigenvalue weighted by Gasteiger charge is -2.00. The Balaban J connectivity index is 2.42. The van der Waals surface area contributed by atoms with E-state index in [0.29, 0.717) is 11.3 Å². The second-order valence-electron chi connectivity index (χ2n) is 3.43. The van der Waals surface area contributed by atoms with Crippen LogP contribution in [0.15, 0.2) is 36.5 Å². The third-order valence-electron chi connectivity index (χ3n) is 2.15. The Bertz CT molecular complexity index is 468. The van der Waals surface area contributed by atoms with Crippen molar-refractivity contribution in [3.63, 3.8) is 0 Å². The number of benzene rings is 1. The van der Waals surface area contributed by atoms with Gasteiger partial charge in [-0.3, -0.25) is 4.79 Å². The van der Waals surface area contributed by atoms with Crippen molar-refractivity contribution in [2.75, 3.05) is 0 Å². The van der Waals surface area contributed by atoms with Crippen LogP contribution in [0.25, 0.3) is 0 Å². The van der Waals surface area contributed by atoms with Crippen LogP contribution in [-0.2, 0) is 0 Å². The van der Waals surface area contributed by atoms with Gasteiger partial charge in [0, 0.05) is 11.8 Å². The van der Waals surface area contributed by atoms with Gasteiger partial charge in [-0.1, -0.05) is 0 Å². The maximum absolute atomic E-state index is 13.1. The smallest absolute Gasteiger partial charge is 0.209 e. The monoisotopic (exact) mass is 203 g/mol. The molecule has 0 saturated carbocycles. The van der Waals surface area contributed by atoms with E-state index in [0.717, 1.165) is 5.56 Å². The zero-order valence-electron chi connectivity index (χ0n) is 8.25. The molecule has 0 radical (unpaired) electrons. The molecule has 0 saturated heterocycles. The molecular formula is C12H10FNO. The van der Waals surface area contributed by atoms with E-state index >= 15 is 0 Å². The van der Waals surface area contributed by atoms with Gasteiger partial charge in [-0.15, -0.1) is 0 Å². The van der Waals surface area contributed by atoms with E-state index < -0.39 is 0 Å². The molecule has 2 aromatic rings. The van der Waals surface area contributed by atoms with Gasteiger partial charge in [-0.05, 0) is 42.8 Å². The summed E-state index contributed by atoms with van der Waals surface area (Å²) in [6, 6.07) is 7.72. The molecule has 1 heterocycles. The molecule has 1 aromatic heterocycles. The Labute approximate surface area is 86.8 Å². The highest BCUT2D eigenvalue weighted by Gasteiger charge is 2.10. The van der Waals surface area contributed by atoms with Crippen LogP contribution in [0.5, 0.6) is 0 Å². The Hall–Kier alpha value is -1.90. The van der Waals surface area contributed by atoms with Crippen molar-refractivity contribution in [1.29, 1.82) is 0 Å². The van der Waals surface area contributed by atoms with Gasteiger partial charge < -0.3 is 4.98 Å². The summed E-state index contributed by atoms with van der Waals surface area (Å²) in [4.78, 5) is 14.6. The number of hydrogen-bond donors (Lipinski definition) is 1. The molecule has 2 rings (SSSR count). The molecule has 0 unspecified atom stereocenters. The maximum Gasteiger partial charge on any atom is 0.209 e. The fraction of sp³-hybridized carbons (Fsp3) is 0.0833. The second kappa shape index (κ2) is 3.69. The van der Waals surface area contributed by atoms with Gasteiger partial charge in [0.25, 0.3) is 0 Å². The Morgan fingerprint density at radius 2 is 2.13 bits per heavy atom. The van der Waals surface area contributed by atoms with Crippen LogP contribution in [0.4, 0.5) is 4.39 Å². The number of ketones is 1. The molecule has 0 fully saturated rings. The predicted molar refractivity (Wildman–Crippen MR) is 55.4 cm³/mol. The summed E-state index contributed by atoms with van der Waals surface area (Å²) >= 11 is 0. The molecule has 15 heavy (non-hydrogen) atoms. The van der Waals surface area contributed by atoms with Crippen LogP contribution in [0.3, 0.4) is 0 Å². The molecule has 0 bridgehead atoms. The van der Waals surface area contributed by atoms with Crippen LogP contribution in [0.1, 0.15) is 21.6 Å². The molecule has 1 aromatic carbocycles. The van der Waals surface area contributed by atoms with Crippen molar-refractivity contribution in [1.82, 2.24) is 4.98 Å². The lowest BCUT2D eigenvalue weighted by Crippen LogP contribution is -2.02. The van der Waals surface area contributed by atoms with E-state index in [9.17, 15) is 9.18 Å². The number of nitrogens with one attached hydrogen (secondary N) is 1. The zero-order chi connectivity index (χ0) is 10.8. The van der Waals surface area contributed by atoms with E-state index in [2.05, 4.69) is 4.98 Å². The van der Waals surface area contributed by atoms with Crippen molar-refractivity contribution in [3.8, 4) is 0 Å². The van der Waals surface area contributed by atoms with E-state index in [4.69, 9.17) is 0 Å². The highest BCUT2D eigenvalue weighted by Crippen LogP contribution is 2.12. The molecule has 0 spiro atoms. The van der Waals surface area contributed by atoms with Gasteiger partial charge in [0.05, 0.1) is 5.69 Å². The number of H-pyrrole nitrogens is 1. The first kappa shape index (κ1) is 9.65. The summed E-state index contributed by atoms with van der Waals surface area (Å²) in [5, 5.41) is 0. The predicted octanol–water partition coefficient (Wildman–Crippen LogP) is 2.69. The fourth-order valence-corrected chi connectivity index (χ4v) is 1.49. The molecule has 1 N–H and O–H groups in total. The quantitative estimate of drug-likeness (QED) is 0.748. The van der Waals surface area contributed by atoms with Crippen molar-refractivity contribution < 1.29 is 9.18 Å². The molecule has 0 amide bonds. The Morgan fingerprint density at radius 3 is 2.73 bits per heavy atom. The maximum atomic E-state index is 13.1. The van der Waals surface area contributed by atoms with E-state index in [1.54, 1.807) is 31.3 Å². The summed E-state index contributed by atoms with van der Waals surface area (Å²) in [6.07, 6.45) is 1.67. The van der Waals surface area contributed by atoms with Crippen LogP contribution in [0, 0.1) is 12.7 Å². The number of aromatic amines is 1. The molecule has 3 heteroatoms. The van der Waals surface area contributed by atoms with E-state index in [1.807, 2.05) is 0 Å². The van der Waals surface area contributed by atoms with Crippen molar-refractivity contribution in [3.05, 3.63) is 59.2 Å². The number of carbonyl (C=O) groups excluding carboxylic acids is 1. The van der Waals surface area contributed by atoms with Gasteiger partial charge >= 0.3 is 0 Å². The zero-order valence-corrected chi connectivity index (χ0v) is 8.25. The molecule has 0 aliphatic carbocycles. The number of rotatable bonds is 2. The lowest BCUT2D eigenvalue weighted by atomic mass is 10.1. The van der Waals surface area contributed by atoms with Gasteiger partial charge in [0.1, 0.15) is 5.82 Å². The molecule has 0 aliphatic rings. The third-order valence-corrected chi connectivity index (χ3v) is 2.15. The number of aryl methyl sites for hydroxylation is 1. The highest BCUT2D eigenvalue weighted by atomic mass is 19.1. The SMILES string of the molecule is Cc1cc(F)cc(C(=O)c2ccc[nH]2)c1. The largest absolute Gasteiger partial charge is 0.359 e. The molecule has 0 atom stereocenters. The van der Waals surface area contributed by atoms with Crippen molar-refractivity contribution >= 4 is 5.78 Å². The highest BCUT2D eigenvalue weighted by molar-refractivity contribution is 6.07. The van der Waals surface area contributed by atoms with Crippen LogP contribution in [0.2, 0.25) is 0 Å². The first-order valence-electron chi connectivity index (χ1n) is 4.62. The van der Waals surface area contributed by atoms with Gasteiger partial charge in [0.15, 0.2) is 0 Å². The van der Waals surface area contributed by atoms with E-state index in [1.165, 1.54) is 12.1 Å². The van der Waals surface area contributed by atoms with E-state index in [-0.39, 0.29) is 11.6 Å². The number of aromatic nitrogens is 1. The van der Waals surface area contributed by atoms with Gasteiger partial charge in [0.2, 0.25) is 5.78 Å². The molecule has 2 nitrogen and oxygen atoms in total. The minimum atomic E-state index is -0.384. The topological polar surface area (TPSA) is 32.9 Å².